The van der Waals surface area contributed by atoms with Crippen LogP contribution in [-0.2, 0) is 0 Å². The highest BCUT2D eigenvalue weighted by molar-refractivity contribution is 5.74. The fourth-order valence-corrected chi connectivity index (χ4v) is 4.33. The first-order valence-corrected chi connectivity index (χ1v) is 12.0. The molecule has 0 unspecified atom stereocenters. The van der Waals surface area contributed by atoms with Crippen LogP contribution < -0.4 is 0 Å². The van der Waals surface area contributed by atoms with Gasteiger partial charge in [0, 0.05) is 34.0 Å². The minimum absolute atomic E-state index is 0.928. The molecule has 3 heterocycles. The molecular weight excluding hydrogens is 438 g/mol. The van der Waals surface area contributed by atoms with E-state index in [0.29, 0.717) is 0 Å². The first-order chi connectivity index (χ1) is 17.8. The van der Waals surface area contributed by atoms with E-state index < -0.39 is 0 Å². The summed E-state index contributed by atoms with van der Waals surface area (Å²) in [6.07, 6.45) is 1.82. The lowest BCUT2D eigenvalue weighted by molar-refractivity contribution is 1.30. The van der Waals surface area contributed by atoms with E-state index in [9.17, 15) is 0 Å². The van der Waals surface area contributed by atoms with Crippen molar-refractivity contribution in [3.8, 4) is 56.3 Å². The summed E-state index contributed by atoms with van der Waals surface area (Å²) in [5, 5.41) is 0. The molecule has 0 atom stereocenters. The van der Waals surface area contributed by atoms with E-state index in [-0.39, 0.29) is 0 Å². The summed E-state index contributed by atoms with van der Waals surface area (Å²) >= 11 is 0. The standard InChI is InChI=1S/C33H23N3/c1-2-10-24(11-3-1)30-17-8-18-31(35-30)27-14-7-15-28(23-27)33-20-9-19-32(36-33)26-13-6-12-25(22-26)29-16-4-5-21-34-29/h1-23H. The molecule has 0 aliphatic carbocycles. The zero-order valence-electron chi connectivity index (χ0n) is 19.6. The van der Waals surface area contributed by atoms with Crippen molar-refractivity contribution in [1.29, 1.82) is 0 Å². The number of nitrogens with zero attached hydrogens (tertiary/aromatic N) is 3. The largest absolute Gasteiger partial charge is 0.256 e. The summed E-state index contributed by atoms with van der Waals surface area (Å²) in [4.78, 5) is 14.4. The van der Waals surface area contributed by atoms with Crippen molar-refractivity contribution >= 4 is 0 Å². The quantitative estimate of drug-likeness (QED) is 0.260. The Bertz CT molecular complexity index is 1500. The SMILES string of the molecule is c1ccc(-c2cccc(-c3cccc(-c4cccc(-c5cccc(-c6ccccn6)c5)n4)c3)n2)cc1. The van der Waals surface area contributed by atoms with Crippen molar-refractivity contribution < 1.29 is 0 Å². The van der Waals surface area contributed by atoms with E-state index in [1.54, 1.807) is 0 Å². The van der Waals surface area contributed by atoms with E-state index >= 15 is 0 Å². The summed E-state index contributed by atoms with van der Waals surface area (Å²) < 4.78 is 0. The van der Waals surface area contributed by atoms with Crippen LogP contribution in [0.25, 0.3) is 56.3 Å². The van der Waals surface area contributed by atoms with Gasteiger partial charge in [0.2, 0.25) is 0 Å². The maximum absolute atomic E-state index is 5.01. The Morgan fingerprint density at radius 3 is 1.19 bits per heavy atom. The highest BCUT2D eigenvalue weighted by Gasteiger charge is 2.08. The van der Waals surface area contributed by atoms with Crippen LogP contribution in [0.2, 0.25) is 0 Å². The second-order valence-corrected chi connectivity index (χ2v) is 8.56. The Kier molecular flexibility index (Phi) is 5.87. The van der Waals surface area contributed by atoms with Gasteiger partial charge in [-0.25, -0.2) is 9.97 Å². The zero-order valence-corrected chi connectivity index (χ0v) is 19.6. The highest BCUT2D eigenvalue weighted by Crippen LogP contribution is 2.29. The van der Waals surface area contributed by atoms with Gasteiger partial charge in [-0.2, -0.15) is 0 Å². The third-order valence-electron chi connectivity index (χ3n) is 6.14. The summed E-state index contributed by atoms with van der Waals surface area (Å²) in [5.74, 6) is 0. The van der Waals surface area contributed by atoms with Crippen LogP contribution in [0.3, 0.4) is 0 Å². The first kappa shape index (κ1) is 21.6. The van der Waals surface area contributed by atoms with Crippen molar-refractivity contribution in [3.05, 3.63) is 140 Å². The molecular formula is C33H23N3. The summed E-state index contributed by atoms with van der Waals surface area (Å²) in [6.45, 7) is 0. The maximum atomic E-state index is 5.01. The van der Waals surface area contributed by atoms with Gasteiger partial charge in [-0.05, 0) is 48.5 Å². The number of hydrogen-bond donors (Lipinski definition) is 0. The number of hydrogen-bond acceptors (Lipinski definition) is 3. The molecule has 0 bridgehead atoms. The van der Waals surface area contributed by atoms with Gasteiger partial charge >= 0.3 is 0 Å². The van der Waals surface area contributed by atoms with Gasteiger partial charge in [-0.3, -0.25) is 4.98 Å². The Morgan fingerprint density at radius 2 is 0.694 bits per heavy atom. The fourth-order valence-electron chi connectivity index (χ4n) is 4.33. The molecule has 170 valence electrons. The van der Waals surface area contributed by atoms with Gasteiger partial charge < -0.3 is 0 Å². The van der Waals surface area contributed by atoms with Gasteiger partial charge in [0.25, 0.3) is 0 Å². The molecule has 0 saturated carbocycles. The number of benzene rings is 3. The molecule has 36 heavy (non-hydrogen) atoms. The second kappa shape index (κ2) is 9.77. The topological polar surface area (TPSA) is 38.7 Å². The predicted molar refractivity (Wildman–Crippen MR) is 147 cm³/mol. The van der Waals surface area contributed by atoms with Crippen molar-refractivity contribution in [1.82, 2.24) is 15.0 Å². The Balaban J connectivity index is 1.34. The van der Waals surface area contributed by atoms with Gasteiger partial charge in [-0.15, -0.1) is 0 Å². The van der Waals surface area contributed by atoms with Crippen LogP contribution in [0.4, 0.5) is 0 Å². The average Bonchev–Trinajstić information content (AvgIpc) is 2.98. The molecule has 3 aromatic heterocycles. The summed E-state index contributed by atoms with van der Waals surface area (Å²) in [6, 6.07) is 45.3. The molecule has 0 fully saturated rings. The summed E-state index contributed by atoms with van der Waals surface area (Å²) in [7, 11) is 0. The molecule has 6 aromatic rings. The van der Waals surface area contributed by atoms with Crippen LogP contribution in [0.1, 0.15) is 0 Å². The van der Waals surface area contributed by atoms with Crippen LogP contribution >= 0.6 is 0 Å². The van der Waals surface area contributed by atoms with Crippen molar-refractivity contribution in [2.75, 3.05) is 0 Å². The molecule has 0 aliphatic heterocycles. The third kappa shape index (κ3) is 4.55. The van der Waals surface area contributed by atoms with Crippen molar-refractivity contribution in [2.45, 2.75) is 0 Å². The minimum Gasteiger partial charge on any atom is -0.256 e. The van der Waals surface area contributed by atoms with Gasteiger partial charge in [-0.1, -0.05) is 84.9 Å². The number of aromatic nitrogens is 3. The van der Waals surface area contributed by atoms with Gasteiger partial charge in [0.15, 0.2) is 0 Å². The average molecular weight is 462 g/mol. The first-order valence-electron chi connectivity index (χ1n) is 12.0. The predicted octanol–water partition coefficient (Wildman–Crippen LogP) is 8.21. The molecule has 3 heteroatoms. The third-order valence-corrected chi connectivity index (χ3v) is 6.14. The van der Waals surface area contributed by atoms with E-state index in [0.717, 1.165) is 56.3 Å². The molecule has 0 aliphatic rings. The second-order valence-electron chi connectivity index (χ2n) is 8.56. The Morgan fingerprint density at radius 1 is 0.306 bits per heavy atom. The monoisotopic (exact) mass is 461 g/mol. The zero-order chi connectivity index (χ0) is 24.2. The van der Waals surface area contributed by atoms with Gasteiger partial charge in [0.1, 0.15) is 0 Å². The smallest absolute Gasteiger partial charge is 0.0709 e. The highest BCUT2D eigenvalue weighted by atomic mass is 14.7. The van der Waals surface area contributed by atoms with E-state index in [1.165, 1.54) is 0 Å². The van der Waals surface area contributed by atoms with Crippen LogP contribution in [0, 0.1) is 0 Å². The van der Waals surface area contributed by atoms with Crippen molar-refractivity contribution in [3.63, 3.8) is 0 Å². The number of rotatable bonds is 5. The van der Waals surface area contributed by atoms with Crippen molar-refractivity contribution in [2.24, 2.45) is 0 Å². The fraction of sp³-hybridized carbons (Fsp3) is 0. The summed E-state index contributed by atoms with van der Waals surface area (Å²) in [5.41, 5.74) is 10.1. The molecule has 0 amide bonds. The molecule has 6 rings (SSSR count). The molecule has 3 nitrogen and oxygen atoms in total. The molecule has 0 N–H and O–H groups in total. The van der Waals surface area contributed by atoms with E-state index in [1.807, 2.05) is 48.7 Å². The van der Waals surface area contributed by atoms with Crippen LogP contribution in [-0.4, -0.2) is 15.0 Å². The van der Waals surface area contributed by atoms with E-state index in [2.05, 4.69) is 96.0 Å². The molecule has 0 spiro atoms. The lowest BCUT2D eigenvalue weighted by Crippen LogP contribution is -1.91. The molecule has 0 saturated heterocycles. The van der Waals surface area contributed by atoms with Crippen LogP contribution in [0.5, 0.6) is 0 Å². The van der Waals surface area contributed by atoms with E-state index in [4.69, 9.17) is 9.97 Å². The van der Waals surface area contributed by atoms with Gasteiger partial charge in [0.05, 0.1) is 28.5 Å². The van der Waals surface area contributed by atoms with Crippen LogP contribution in [0.15, 0.2) is 140 Å². The normalized spacial score (nSPS) is 10.8. The Labute approximate surface area is 210 Å². The number of pyridine rings is 3. The lowest BCUT2D eigenvalue weighted by Gasteiger charge is -2.09. The molecule has 3 aromatic carbocycles. The lowest BCUT2D eigenvalue weighted by atomic mass is 10.0. The maximum Gasteiger partial charge on any atom is 0.0709 e. The molecule has 0 radical (unpaired) electrons. The Hall–Kier alpha value is -4.89. The minimum atomic E-state index is 0.928.